The Morgan fingerprint density at radius 1 is 1.12 bits per heavy atom. The molecule has 0 aliphatic heterocycles. The van der Waals surface area contributed by atoms with E-state index in [1.807, 2.05) is 0 Å². The van der Waals surface area contributed by atoms with Crippen LogP contribution in [0.15, 0.2) is 29.4 Å². The van der Waals surface area contributed by atoms with E-state index < -0.39 is 0 Å². The van der Waals surface area contributed by atoms with E-state index in [0.29, 0.717) is 27.2 Å². The number of nitrogens with two attached hydrogens (primary N) is 2. The minimum Gasteiger partial charge on any atom is -0.480 e. The van der Waals surface area contributed by atoms with Crippen molar-refractivity contribution in [2.24, 2.45) is 16.5 Å². The molecule has 2 heterocycles. The third-order valence-corrected chi connectivity index (χ3v) is 3.47. The van der Waals surface area contributed by atoms with E-state index in [1.165, 1.54) is 20.4 Å². The van der Waals surface area contributed by atoms with Gasteiger partial charge in [-0.05, 0) is 18.2 Å². The first-order chi connectivity index (χ1) is 12.0. The molecule has 0 saturated carbocycles. The largest absolute Gasteiger partial charge is 0.480 e. The van der Waals surface area contributed by atoms with E-state index in [4.69, 9.17) is 32.5 Å². The van der Waals surface area contributed by atoms with Gasteiger partial charge in [-0.1, -0.05) is 11.6 Å². The molecule has 9 nitrogen and oxygen atoms in total. The van der Waals surface area contributed by atoms with Crippen molar-refractivity contribution in [2.45, 2.75) is 0 Å². The fourth-order valence-corrected chi connectivity index (χ4v) is 2.40. The Bertz CT molecular complexity index is 973. The van der Waals surface area contributed by atoms with Crippen LogP contribution in [0, 0.1) is 0 Å². The lowest BCUT2D eigenvalue weighted by Crippen LogP contribution is -2.22. The van der Waals surface area contributed by atoms with Crippen LogP contribution < -0.4 is 20.9 Å². The first-order valence-corrected chi connectivity index (χ1v) is 7.42. The second kappa shape index (κ2) is 6.73. The van der Waals surface area contributed by atoms with E-state index in [1.54, 1.807) is 18.2 Å². The Morgan fingerprint density at radius 2 is 1.92 bits per heavy atom. The molecule has 1 aromatic carbocycles. The number of hydrogen-bond donors (Lipinski definition) is 2. The van der Waals surface area contributed by atoms with Crippen LogP contribution in [0.25, 0.3) is 22.2 Å². The van der Waals surface area contributed by atoms with Crippen molar-refractivity contribution in [1.29, 1.82) is 0 Å². The van der Waals surface area contributed by atoms with Gasteiger partial charge in [-0.2, -0.15) is 9.98 Å². The molecule has 0 aliphatic rings. The number of benzene rings is 1. The van der Waals surface area contributed by atoms with Crippen molar-refractivity contribution < 1.29 is 9.47 Å². The van der Waals surface area contributed by atoms with Gasteiger partial charge in [0.15, 0.2) is 5.96 Å². The first kappa shape index (κ1) is 16.7. The zero-order valence-electron chi connectivity index (χ0n) is 13.4. The Hall–Kier alpha value is -3.20. The van der Waals surface area contributed by atoms with Crippen molar-refractivity contribution in [2.75, 3.05) is 14.2 Å². The number of methoxy groups -OCH3 is 2. The van der Waals surface area contributed by atoms with Gasteiger partial charge in [0.25, 0.3) is 5.95 Å². The van der Waals surface area contributed by atoms with Crippen LogP contribution in [0.5, 0.6) is 11.9 Å². The topological polar surface area (TPSA) is 134 Å². The average molecular weight is 360 g/mol. The van der Waals surface area contributed by atoms with Gasteiger partial charge < -0.3 is 20.9 Å². The average Bonchev–Trinajstić information content (AvgIpc) is 2.60. The number of guanidine groups is 1. The van der Waals surface area contributed by atoms with Gasteiger partial charge in [-0.3, -0.25) is 0 Å². The fraction of sp³-hybridized carbons (Fsp3) is 0.133. The molecule has 0 bridgehead atoms. The molecule has 0 unspecified atom stereocenters. The molecule has 3 rings (SSSR count). The number of aromatic nitrogens is 4. The monoisotopic (exact) mass is 359 g/mol. The third-order valence-electron chi connectivity index (χ3n) is 3.24. The maximum absolute atomic E-state index is 6.12. The van der Waals surface area contributed by atoms with Crippen molar-refractivity contribution in [3.8, 4) is 23.1 Å². The van der Waals surface area contributed by atoms with Crippen LogP contribution in [-0.4, -0.2) is 40.1 Å². The third kappa shape index (κ3) is 3.36. The SMILES string of the molecule is COc1ncc(-c2nc(N=C(N)N)nc3ccc(Cl)cc23)c(OC)n1. The predicted molar refractivity (Wildman–Crippen MR) is 94.1 cm³/mol. The highest BCUT2D eigenvalue weighted by Crippen LogP contribution is 2.34. The maximum atomic E-state index is 6.12. The maximum Gasteiger partial charge on any atom is 0.319 e. The summed E-state index contributed by atoms with van der Waals surface area (Å²) in [7, 11) is 2.95. The standard InChI is InChI=1S/C15H14ClN7O2/c1-24-12-9(6-19-15(22-12)25-2)11-8-5-7(16)3-4-10(8)20-14(21-11)23-13(17)18/h3-6H,1-2H3,(H4,17,18,20,21,23). The minimum atomic E-state index is -0.155. The normalized spacial score (nSPS) is 10.5. The highest BCUT2D eigenvalue weighted by Gasteiger charge is 2.17. The summed E-state index contributed by atoms with van der Waals surface area (Å²) in [6.07, 6.45) is 1.53. The molecule has 10 heteroatoms. The molecule has 4 N–H and O–H groups in total. The van der Waals surface area contributed by atoms with E-state index in [0.717, 1.165) is 0 Å². The summed E-state index contributed by atoms with van der Waals surface area (Å²) >= 11 is 6.12. The van der Waals surface area contributed by atoms with Gasteiger partial charge in [0, 0.05) is 16.6 Å². The zero-order valence-corrected chi connectivity index (χ0v) is 14.2. The van der Waals surface area contributed by atoms with Crippen LogP contribution in [0.1, 0.15) is 0 Å². The van der Waals surface area contributed by atoms with Gasteiger partial charge in [0.2, 0.25) is 5.88 Å². The molecule has 0 fully saturated rings. The van der Waals surface area contributed by atoms with Crippen molar-refractivity contribution in [3.05, 3.63) is 29.4 Å². The Morgan fingerprint density at radius 3 is 2.60 bits per heavy atom. The first-order valence-electron chi connectivity index (χ1n) is 7.04. The summed E-state index contributed by atoms with van der Waals surface area (Å²) in [5, 5.41) is 1.20. The Balaban J connectivity index is 2.33. The van der Waals surface area contributed by atoms with E-state index in [9.17, 15) is 0 Å². The van der Waals surface area contributed by atoms with E-state index in [2.05, 4.69) is 24.9 Å². The van der Waals surface area contributed by atoms with E-state index >= 15 is 0 Å². The minimum absolute atomic E-state index is 0.0997. The van der Waals surface area contributed by atoms with E-state index in [-0.39, 0.29) is 23.8 Å². The summed E-state index contributed by atoms with van der Waals surface area (Å²) in [6, 6.07) is 5.35. The van der Waals surface area contributed by atoms with Crippen LogP contribution >= 0.6 is 11.6 Å². The number of fused-ring (bicyclic) bond motifs is 1. The van der Waals surface area contributed by atoms with Gasteiger partial charge in [0.1, 0.15) is 0 Å². The van der Waals surface area contributed by atoms with Gasteiger partial charge in [-0.15, -0.1) is 0 Å². The summed E-state index contributed by atoms with van der Waals surface area (Å²) in [4.78, 5) is 20.9. The zero-order chi connectivity index (χ0) is 18.0. The van der Waals surface area contributed by atoms with Crippen molar-refractivity contribution in [3.63, 3.8) is 0 Å². The number of ether oxygens (including phenoxy) is 2. The quantitative estimate of drug-likeness (QED) is 0.530. The van der Waals surface area contributed by atoms with Gasteiger partial charge in [-0.25, -0.2) is 15.0 Å². The second-order valence-corrected chi connectivity index (χ2v) is 5.29. The second-order valence-electron chi connectivity index (χ2n) is 4.85. The van der Waals surface area contributed by atoms with Crippen LogP contribution in [0.3, 0.4) is 0 Å². The van der Waals surface area contributed by atoms with Gasteiger partial charge >= 0.3 is 6.01 Å². The highest BCUT2D eigenvalue weighted by atomic mass is 35.5. The molecule has 0 amide bonds. The lowest BCUT2D eigenvalue weighted by molar-refractivity contribution is 0.353. The summed E-state index contributed by atoms with van der Waals surface area (Å²) in [5.74, 6) is 0.224. The number of halogens is 1. The molecule has 0 atom stereocenters. The number of hydrogen-bond acceptors (Lipinski definition) is 7. The molecule has 0 radical (unpaired) electrons. The molecule has 128 valence electrons. The van der Waals surface area contributed by atoms with Crippen LogP contribution in [0.2, 0.25) is 5.02 Å². The molecule has 25 heavy (non-hydrogen) atoms. The Labute approximate surface area is 147 Å². The number of nitrogens with zero attached hydrogens (tertiary/aromatic N) is 5. The molecule has 2 aromatic heterocycles. The fourth-order valence-electron chi connectivity index (χ4n) is 2.23. The summed E-state index contributed by atoms with van der Waals surface area (Å²) in [5.41, 5.74) is 12.5. The smallest absolute Gasteiger partial charge is 0.319 e. The highest BCUT2D eigenvalue weighted by molar-refractivity contribution is 6.31. The van der Waals surface area contributed by atoms with Gasteiger partial charge in [0.05, 0.1) is 31.0 Å². The molecule has 0 spiro atoms. The molecule has 0 saturated heterocycles. The van der Waals surface area contributed by atoms with Crippen molar-refractivity contribution in [1.82, 2.24) is 19.9 Å². The van der Waals surface area contributed by atoms with Crippen LogP contribution in [0.4, 0.5) is 5.95 Å². The lowest BCUT2D eigenvalue weighted by atomic mass is 10.1. The summed E-state index contributed by atoms with van der Waals surface area (Å²) < 4.78 is 10.4. The van der Waals surface area contributed by atoms with Crippen molar-refractivity contribution >= 4 is 34.4 Å². The predicted octanol–water partition coefficient (Wildman–Crippen LogP) is 1.66. The molecule has 0 aliphatic carbocycles. The number of rotatable bonds is 4. The molecular formula is C15H14ClN7O2. The number of aliphatic imine (C=N–C) groups is 1. The van der Waals surface area contributed by atoms with Crippen LogP contribution in [-0.2, 0) is 0 Å². The lowest BCUT2D eigenvalue weighted by Gasteiger charge is -2.11. The molecular weight excluding hydrogens is 346 g/mol. The molecule has 3 aromatic rings. The summed E-state index contributed by atoms with van der Waals surface area (Å²) in [6.45, 7) is 0. The Kier molecular flexibility index (Phi) is 4.48.